The van der Waals surface area contributed by atoms with Gasteiger partial charge in [0.05, 0.1) is 0 Å². The Morgan fingerprint density at radius 1 is 1.53 bits per heavy atom. The van der Waals surface area contributed by atoms with Crippen LogP contribution in [0, 0.1) is 5.92 Å². The SMILES string of the molecule is CCNc1cc(N2CCC(CO)C2)nc(COC)n1. The van der Waals surface area contributed by atoms with Crippen LogP contribution < -0.4 is 10.2 Å². The number of hydrogen-bond acceptors (Lipinski definition) is 6. The van der Waals surface area contributed by atoms with Gasteiger partial charge in [0.1, 0.15) is 18.2 Å². The zero-order valence-electron chi connectivity index (χ0n) is 11.6. The zero-order valence-corrected chi connectivity index (χ0v) is 11.6. The summed E-state index contributed by atoms with van der Waals surface area (Å²) in [6.07, 6.45) is 1.01. The van der Waals surface area contributed by atoms with Crippen molar-refractivity contribution in [2.24, 2.45) is 5.92 Å². The summed E-state index contributed by atoms with van der Waals surface area (Å²) in [7, 11) is 1.64. The Hall–Kier alpha value is -1.40. The lowest BCUT2D eigenvalue weighted by atomic mass is 10.1. The first-order valence-electron chi connectivity index (χ1n) is 6.73. The van der Waals surface area contributed by atoms with E-state index in [2.05, 4.69) is 20.2 Å². The summed E-state index contributed by atoms with van der Waals surface area (Å²) in [6, 6.07) is 1.96. The lowest BCUT2D eigenvalue weighted by Gasteiger charge is -2.19. The number of aromatic nitrogens is 2. The van der Waals surface area contributed by atoms with E-state index in [0.717, 1.165) is 37.7 Å². The van der Waals surface area contributed by atoms with Crippen LogP contribution in [0.15, 0.2) is 6.07 Å². The monoisotopic (exact) mass is 266 g/mol. The van der Waals surface area contributed by atoms with Gasteiger partial charge in [-0.25, -0.2) is 9.97 Å². The molecule has 0 aliphatic carbocycles. The Morgan fingerprint density at radius 3 is 3.00 bits per heavy atom. The van der Waals surface area contributed by atoms with Gasteiger partial charge in [-0.15, -0.1) is 0 Å². The molecule has 1 saturated heterocycles. The molecule has 1 aromatic heterocycles. The van der Waals surface area contributed by atoms with E-state index < -0.39 is 0 Å². The van der Waals surface area contributed by atoms with Crippen LogP contribution >= 0.6 is 0 Å². The fourth-order valence-corrected chi connectivity index (χ4v) is 2.30. The molecule has 0 aromatic carbocycles. The third-order valence-electron chi connectivity index (χ3n) is 3.26. The average molecular weight is 266 g/mol. The van der Waals surface area contributed by atoms with Crippen LogP contribution in [-0.4, -0.2) is 48.4 Å². The largest absolute Gasteiger partial charge is 0.396 e. The molecule has 0 amide bonds. The summed E-state index contributed by atoms with van der Waals surface area (Å²) < 4.78 is 5.11. The number of nitrogens with zero attached hydrogens (tertiary/aromatic N) is 3. The summed E-state index contributed by atoms with van der Waals surface area (Å²) in [6.45, 7) is 5.29. The Labute approximate surface area is 113 Å². The first kappa shape index (κ1) is 14.0. The minimum absolute atomic E-state index is 0.243. The van der Waals surface area contributed by atoms with Gasteiger partial charge in [0, 0.05) is 45.3 Å². The quantitative estimate of drug-likeness (QED) is 0.796. The van der Waals surface area contributed by atoms with Crippen molar-refractivity contribution in [2.45, 2.75) is 20.0 Å². The lowest BCUT2D eigenvalue weighted by molar-refractivity contribution is 0.178. The first-order chi connectivity index (χ1) is 9.26. The van der Waals surface area contributed by atoms with Gasteiger partial charge in [0.2, 0.25) is 0 Å². The second kappa shape index (κ2) is 6.68. The molecular weight excluding hydrogens is 244 g/mol. The lowest BCUT2D eigenvalue weighted by Crippen LogP contribution is -2.22. The molecule has 0 saturated carbocycles. The van der Waals surface area contributed by atoms with Crippen molar-refractivity contribution in [2.75, 3.05) is 43.6 Å². The minimum Gasteiger partial charge on any atom is -0.396 e. The third-order valence-corrected chi connectivity index (χ3v) is 3.26. The number of ether oxygens (including phenoxy) is 1. The molecule has 2 heterocycles. The van der Waals surface area contributed by atoms with Crippen LogP contribution in [0.3, 0.4) is 0 Å². The summed E-state index contributed by atoms with van der Waals surface area (Å²) in [4.78, 5) is 11.1. The third kappa shape index (κ3) is 3.54. The van der Waals surface area contributed by atoms with E-state index in [1.54, 1.807) is 7.11 Å². The molecule has 0 bridgehead atoms. The van der Waals surface area contributed by atoms with Gasteiger partial charge < -0.3 is 20.1 Å². The first-order valence-corrected chi connectivity index (χ1v) is 6.73. The van der Waals surface area contributed by atoms with Gasteiger partial charge >= 0.3 is 0 Å². The molecule has 6 nitrogen and oxygen atoms in total. The van der Waals surface area contributed by atoms with E-state index in [9.17, 15) is 5.11 Å². The van der Waals surface area contributed by atoms with E-state index in [1.165, 1.54) is 0 Å². The molecule has 2 rings (SSSR count). The van der Waals surface area contributed by atoms with Crippen molar-refractivity contribution in [1.29, 1.82) is 0 Å². The van der Waals surface area contributed by atoms with Crippen LogP contribution in [0.4, 0.5) is 11.6 Å². The fourth-order valence-electron chi connectivity index (χ4n) is 2.30. The van der Waals surface area contributed by atoms with Crippen molar-refractivity contribution < 1.29 is 9.84 Å². The Morgan fingerprint density at radius 2 is 2.37 bits per heavy atom. The molecule has 1 aromatic rings. The number of rotatable bonds is 6. The highest BCUT2D eigenvalue weighted by Gasteiger charge is 2.23. The zero-order chi connectivity index (χ0) is 13.7. The van der Waals surface area contributed by atoms with Crippen LogP contribution in [0.5, 0.6) is 0 Å². The molecule has 0 spiro atoms. The van der Waals surface area contributed by atoms with E-state index in [-0.39, 0.29) is 6.61 Å². The fraction of sp³-hybridized carbons (Fsp3) is 0.692. The number of aliphatic hydroxyl groups excluding tert-OH is 1. The molecule has 6 heteroatoms. The van der Waals surface area contributed by atoms with Gasteiger partial charge in [-0.2, -0.15) is 0 Å². The van der Waals surface area contributed by atoms with Gasteiger partial charge in [-0.3, -0.25) is 0 Å². The molecule has 19 heavy (non-hydrogen) atoms. The molecule has 1 aliphatic heterocycles. The number of anilines is 2. The standard InChI is InChI=1S/C13H22N4O2/c1-3-14-11-6-13(16-12(15-11)9-19-2)17-5-4-10(7-17)8-18/h6,10,18H,3-5,7-9H2,1-2H3,(H,14,15,16). The van der Waals surface area contributed by atoms with Crippen LogP contribution in [0.2, 0.25) is 0 Å². The Bertz CT molecular complexity index is 389. The average Bonchev–Trinajstić information content (AvgIpc) is 2.88. The van der Waals surface area contributed by atoms with Crippen molar-refractivity contribution in [3.63, 3.8) is 0 Å². The van der Waals surface area contributed by atoms with Crippen molar-refractivity contribution in [3.05, 3.63) is 11.9 Å². The van der Waals surface area contributed by atoms with Crippen molar-refractivity contribution >= 4 is 11.6 Å². The highest BCUT2D eigenvalue weighted by atomic mass is 16.5. The van der Waals surface area contributed by atoms with E-state index in [0.29, 0.717) is 18.3 Å². The van der Waals surface area contributed by atoms with Gasteiger partial charge in [-0.05, 0) is 13.3 Å². The smallest absolute Gasteiger partial charge is 0.158 e. The maximum absolute atomic E-state index is 9.22. The van der Waals surface area contributed by atoms with Crippen molar-refractivity contribution in [1.82, 2.24) is 9.97 Å². The van der Waals surface area contributed by atoms with Gasteiger partial charge in [0.25, 0.3) is 0 Å². The van der Waals surface area contributed by atoms with Crippen molar-refractivity contribution in [3.8, 4) is 0 Å². The highest BCUT2D eigenvalue weighted by molar-refractivity contribution is 5.50. The molecule has 1 fully saturated rings. The maximum Gasteiger partial charge on any atom is 0.158 e. The number of hydrogen-bond donors (Lipinski definition) is 2. The summed E-state index contributed by atoms with van der Waals surface area (Å²) in [5, 5.41) is 12.4. The summed E-state index contributed by atoms with van der Waals surface area (Å²) in [5.74, 6) is 2.77. The predicted octanol–water partition coefficient (Wildman–Crippen LogP) is 0.873. The minimum atomic E-state index is 0.243. The molecule has 1 atom stereocenters. The second-order valence-corrected chi connectivity index (χ2v) is 4.77. The second-order valence-electron chi connectivity index (χ2n) is 4.77. The van der Waals surface area contributed by atoms with E-state index >= 15 is 0 Å². The van der Waals surface area contributed by atoms with Crippen LogP contribution in [-0.2, 0) is 11.3 Å². The highest BCUT2D eigenvalue weighted by Crippen LogP contribution is 2.23. The molecule has 0 radical (unpaired) electrons. The molecule has 2 N–H and O–H groups in total. The maximum atomic E-state index is 9.22. The van der Waals surface area contributed by atoms with Crippen LogP contribution in [0.1, 0.15) is 19.2 Å². The topological polar surface area (TPSA) is 70.5 Å². The Balaban J connectivity index is 2.18. The number of methoxy groups -OCH3 is 1. The summed E-state index contributed by atoms with van der Waals surface area (Å²) in [5.41, 5.74) is 0. The normalized spacial score (nSPS) is 18.9. The van der Waals surface area contributed by atoms with E-state index in [1.807, 2.05) is 13.0 Å². The molecule has 1 aliphatic rings. The summed E-state index contributed by atoms with van der Waals surface area (Å²) >= 11 is 0. The molecule has 106 valence electrons. The van der Waals surface area contributed by atoms with Gasteiger partial charge in [-0.1, -0.05) is 0 Å². The number of aliphatic hydroxyl groups is 1. The van der Waals surface area contributed by atoms with E-state index in [4.69, 9.17) is 4.74 Å². The number of nitrogens with one attached hydrogen (secondary N) is 1. The molecular formula is C13H22N4O2. The van der Waals surface area contributed by atoms with Gasteiger partial charge in [0.15, 0.2) is 5.82 Å². The molecule has 1 unspecified atom stereocenters. The predicted molar refractivity (Wildman–Crippen MR) is 74.3 cm³/mol. The van der Waals surface area contributed by atoms with Crippen LogP contribution in [0.25, 0.3) is 0 Å². The Kier molecular flexibility index (Phi) is 4.93.